The Kier molecular flexibility index (Phi) is 3.52. The quantitative estimate of drug-likeness (QED) is 0.936. The second kappa shape index (κ2) is 5.30. The van der Waals surface area contributed by atoms with Crippen molar-refractivity contribution in [3.8, 4) is 0 Å². The molecule has 0 radical (unpaired) electrons. The van der Waals surface area contributed by atoms with Crippen LogP contribution in [0.4, 0.5) is 5.82 Å². The molecule has 0 saturated heterocycles. The fourth-order valence-corrected chi connectivity index (χ4v) is 2.81. The van der Waals surface area contributed by atoms with Crippen LogP contribution in [0.2, 0.25) is 0 Å². The first-order valence-electron chi connectivity index (χ1n) is 6.32. The Hall–Kier alpha value is -1.40. The molecule has 1 N–H and O–H groups in total. The van der Waals surface area contributed by atoms with Crippen LogP contribution in [0.1, 0.15) is 11.4 Å². The molecule has 2 aromatic heterocycles. The van der Waals surface area contributed by atoms with Crippen LogP contribution in [0.15, 0.2) is 29.1 Å². The highest BCUT2D eigenvalue weighted by Gasteiger charge is 2.20. The lowest BCUT2D eigenvalue weighted by Gasteiger charge is -2.30. The van der Waals surface area contributed by atoms with Crippen molar-refractivity contribution in [2.75, 3.05) is 18.5 Å². The van der Waals surface area contributed by atoms with Crippen molar-refractivity contribution < 1.29 is 0 Å². The van der Waals surface area contributed by atoms with Gasteiger partial charge in [0.2, 0.25) is 0 Å². The average Bonchev–Trinajstić information content (AvgIpc) is 2.86. The Morgan fingerprint density at radius 3 is 3.11 bits per heavy atom. The maximum atomic E-state index is 4.58. The number of nitrogens with one attached hydrogen (secondary N) is 1. The highest BCUT2D eigenvalue weighted by Crippen LogP contribution is 2.24. The van der Waals surface area contributed by atoms with Crippen molar-refractivity contribution in [1.82, 2.24) is 19.9 Å². The Morgan fingerprint density at radius 1 is 1.37 bits per heavy atom. The Labute approximate surface area is 120 Å². The van der Waals surface area contributed by atoms with Gasteiger partial charge in [0.25, 0.3) is 0 Å². The third-order valence-electron chi connectivity index (χ3n) is 3.32. The van der Waals surface area contributed by atoms with E-state index in [0.717, 1.165) is 42.3 Å². The smallest absolute Gasteiger partial charge is 0.133 e. The van der Waals surface area contributed by atoms with Crippen LogP contribution in [0, 0.1) is 0 Å². The average molecular weight is 322 g/mol. The van der Waals surface area contributed by atoms with Crippen LogP contribution in [0.3, 0.4) is 0 Å². The summed E-state index contributed by atoms with van der Waals surface area (Å²) in [7, 11) is 1.95. The number of pyridine rings is 1. The van der Waals surface area contributed by atoms with E-state index in [9.17, 15) is 0 Å². The van der Waals surface area contributed by atoms with Crippen LogP contribution in [0.5, 0.6) is 0 Å². The van der Waals surface area contributed by atoms with Crippen molar-refractivity contribution >= 4 is 21.7 Å². The molecular formula is C13H16BrN5. The predicted molar refractivity (Wildman–Crippen MR) is 78.0 cm³/mol. The molecular weight excluding hydrogens is 306 g/mol. The Balaban J connectivity index is 1.90. The third-order valence-corrected chi connectivity index (χ3v) is 3.75. The summed E-state index contributed by atoms with van der Waals surface area (Å²) in [5.74, 6) is 2.15. The lowest BCUT2D eigenvalue weighted by atomic mass is 10.2. The van der Waals surface area contributed by atoms with E-state index >= 15 is 0 Å². The number of imidazole rings is 1. The van der Waals surface area contributed by atoms with E-state index in [1.54, 1.807) is 0 Å². The number of fused-ring (bicyclic) bond motifs is 1. The van der Waals surface area contributed by atoms with Crippen LogP contribution >= 0.6 is 15.9 Å². The van der Waals surface area contributed by atoms with Crippen molar-refractivity contribution in [3.05, 3.63) is 40.5 Å². The summed E-state index contributed by atoms with van der Waals surface area (Å²) in [6.45, 7) is 3.56. The standard InChI is InChI=1S/C13H16BrN5/c1-15-7-10-6-11(14)8-17-13(10)19-5-4-18-3-2-16-12(18)9-19/h2-3,6,8,15H,4-5,7,9H2,1H3. The second-order valence-electron chi connectivity index (χ2n) is 4.63. The number of aromatic nitrogens is 3. The summed E-state index contributed by atoms with van der Waals surface area (Å²) in [6.07, 6.45) is 5.76. The van der Waals surface area contributed by atoms with E-state index in [0.29, 0.717) is 0 Å². The summed E-state index contributed by atoms with van der Waals surface area (Å²) >= 11 is 3.48. The van der Waals surface area contributed by atoms with Crippen LogP contribution < -0.4 is 10.2 Å². The second-order valence-corrected chi connectivity index (χ2v) is 5.54. The van der Waals surface area contributed by atoms with Crippen LogP contribution in [-0.4, -0.2) is 28.1 Å². The number of rotatable bonds is 3. The van der Waals surface area contributed by atoms with Crippen molar-refractivity contribution in [3.63, 3.8) is 0 Å². The molecule has 0 aromatic carbocycles. The number of anilines is 1. The molecule has 1 aliphatic heterocycles. The summed E-state index contributed by atoms with van der Waals surface area (Å²) in [6, 6.07) is 2.12. The molecule has 0 unspecified atom stereocenters. The van der Waals surface area contributed by atoms with Gasteiger partial charge >= 0.3 is 0 Å². The molecule has 100 valence electrons. The molecule has 0 fully saturated rings. The first-order valence-corrected chi connectivity index (χ1v) is 7.11. The maximum absolute atomic E-state index is 4.58. The van der Waals surface area contributed by atoms with Gasteiger partial charge in [0.1, 0.15) is 11.6 Å². The topological polar surface area (TPSA) is 46.0 Å². The molecule has 3 heterocycles. The van der Waals surface area contributed by atoms with Crippen LogP contribution in [-0.2, 0) is 19.6 Å². The minimum atomic E-state index is 0.812. The maximum Gasteiger partial charge on any atom is 0.133 e. The van der Waals surface area contributed by atoms with Gasteiger partial charge in [0.05, 0.1) is 6.54 Å². The summed E-state index contributed by atoms with van der Waals surface area (Å²) in [4.78, 5) is 11.3. The Bertz CT molecular complexity index is 580. The van der Waals surface area contributed by atoms with E-state index in [1.165, 1.54) is 5.56 Å². The van der Waals surface area contributed by atoms with Gasteiger partial charge in [-0.3, -0.25) is 0 Å². The molecule has 3 rings (SSSR count). The fraction of sp³-hybridized carbons (Fsp3) is 0.385. The zero-order valence-electron chi connectivity index (χ0n) is 10.8. The van der Waals surface area contributed by atoms with Gasteiger partial charge in [-0.2, -0.15) is 0 Å². The molecule has 0 aliphatic carbocycles. The zero-order valence-corrected chi connectivity index (χ0v) is 12.4. The third kappa shape index (κ3) is 2.50. The molecule has 2 aromatic rings. The first-order chi connectivity index (χ1) is 9.28. The highest BCUT2D eigenvalue weighted by molar-refractivity contribution is 9.10. The highest BCUT2D eigenvalue weighted by atomic mass is 79.9. The van der Waals surface area contributed by atoms with Crippen molar-refractivity contribution in [1.29, 1.82) is 0 Å². The van der Waals surface area contributed by atoms with Gasteiger partial charge < -0.3 is 14.8 Å². The fourth-order valence-electron chi connectivity index (χ4n) is 2.43. The molecule has 19 heavy (non-hydrogen) atoms. The number of hydrogen-bond acceptors (Lipinski definition) is 4. The summed E-state index contributed by atoms with van der Waals surface area (Å²) < 4.78 is 3.22. The van der Waals surface area contributed by atoms with E-state index in [1.807, 2.05) is 25.6 Å². The lowest BCUT2D eigenvalue weighted by Crippen LogP contribution is -2.35. The zero-order chi connectivity index (χ0) is 13.2. The molecule has 0 bridgehead atoms. The minimum Gasteiger partial charge on any atom is -0.347 e. The SMILES string of the molecule is CNCc1cc(Br)cnc1N1CCn2ccnc2C1. The molecule has 0 amide bonds. The largest absolute Gasteiger partial charge is 0.347 e. The molecule has 1 aliphatic rings. The number of nitrogens with zero attached hydrogens (tertiary/aromatic N) is 4. The minimum absolute atomic E-state index is 0.812. The molecule has 5 nitrogen and oxygen atoms in total. The van der Waals surface area contributed by atoms with E-state index in [-0.39, 0.29) is 0 Å². The van der Waals surface area contributed by atoms with Crippen molar-refractivity contribution in [2.24, 2.45) is 0 Å². The van der Waals surface area contributed by atoms with E-state index in [4.69, 9.17) is 0 Å². The van der Waals surface area contributed by atoms with Gasteiger partial charge in [0.15, 0.2) is 0 Å². The molecule has 0 spiro atoms. The number of hydrogen-bond donors (Lipinski definition) is 1. The van der Waals surface area contributed by atoms with Gasteiger partial charge in [-0.25, -0.2) is 9.97 Å². The number of halogens is 1. The van der Waals surface area contributed by atoms with E-state index < -0.39 is 0 Å². The Morgan fingerprint density at radius 2 is 2.26 bits per heavy atom. The predicted octanol–water partition coefficient (Wildman–Crippen LogP) is 1.78. The molecule has 0 atom stereocenters. The first kappa shape index (κ1) is 12.6. The van der Waals surface area contributed by atoms with Gasteiger partial charge in [-0.1, -0.05) is 0 Å². The van der Waals surface area contributed by atoms with Crippen molar-refractivity contribution in [2.45, 2.75) is 19.6 Å². The van der Waals surface area contributed by atoms with Gasteiger partial charge in [-0.05, 0) is 29.0 Å². The van der Waals surface area contributed by atoms with Crippen LogP contribution in [0.25, 0.3) is 0 Å². The van der Waals surface area contributed by atoms with Gasteiger partial charge in [0, 0.05) is 48.3 Å². The van der Waals surface area contributed by atoms with Gasteiger partial charge in [-0.15, -0.1) is 0 Å². The monoisotopic (exact) mass is 321 g/mol. The lowest BCUT2D eigenvalue weighted by molar-refractivity contribution is 0.554. The normalized spacial score (nSPS) is 14.5. The van der Waals surface area contributed by atoms with E-state index in [2.05, 4.69) is 46.7 Å². The molecule has 6 heteroatoms. The summed E-state index contributed by atoms with van der Waals surface area (Å²) in [5.41, 5.74) is 1.21. The molecule has 0 saturated carbocycles. The summed E-state index contributed by atoms with van der Waals surface area (Å²) in [5, 5.41) is 3.20.